The number of carboxylic acids is 1. The topological polar surface area (TPSA) is 87.7 Å². The highest BCUT2D eigenvalue weighted by Crippen LogP contribution is 2.10. The Kier molecular flexibility index (Phi) is 3.74. The zero-order valence-electron chi connectivity index (χ0n) is 9.74. The van der Waals surface area contributed by atoms with E-state index < -0.39 is 29.7 Å². The third-order valence-electron chi connectivity index (χ3n) is 2.19. The van der Waals surface area contributed by atoms with Crippen molar-refractivity contribution >= 4 is 12.1 Å². The molecule has 0 aromatic heterocycles. The van der Waals surface area contributed by atoms with E-state index in [4.69, 9.17) is 9.84 Å². The van der Waals surface area contributed by atoms with E-state index in [-0.39, 0.29) is 0 Å². The normalized spacial score (nSPS) is 25.2. The van der Waals surface area contributed by atoms with Crippen LogP contribution in [0.4, 0.5) is 4.79 Å². The Hall–Kier alpha value is -1.30. The number of hydrogen-bond acceptors (Lipinski definition) is 4. The molecule has 6 nitrogen and oxygen atoms in total. The first-order valence-corrected chi connectivity index (χ1v) is 5.25. The minimum absolute atomic E-state index is 0.410. The Morgan fingerprint density at radius 1 is 1.44 bits per heavy atom. The zero-order chi connectivity index (χ0) is 12.3. The van der Waals surface area contributed by atoms with E-state index in [0.717, 1.165) is 0 Å². The average Bonchev–Trinajstić information content (AvgIpc) is 2.47. The molecule has 1 saturated heterocycles. The third kappa shape index (κ3) is 3.69. The molecule has 1 aliphatic heterocycles. The van der Waals surface area contributed by atoms with Gasteiger partial charge >= 0.3 is 12.1 Å². The van der Waals surface area contributed by atoms with Crippen molar-refractivity contribution in [3.05, 3.63) is 0 Å². The molecule has 16 heavy (non-hydrogen) atoms. The maximum Gasteiger partial charge on any atom is 0.407 e. The molecular weight excluding hydrogens is 212 g/mol. The number of alkyl carbamates (subject to hydrolysis) is 1. The van der Waals surface area contributed by atoms with Gasteiger partial charge in [0.05, 0.1) is 6.04 Å². The Labute approximate surface area is 94.3 Å². The Morgan fingerprint density at radius 3 is 2.56 bits per heavy atom. The first-order valence-electron chi connectivity index (χ1n) is 5.25. The van der Waals surface area contributed by atoms with Gasteiger partial charge in [0, 0.05) is 0 Å². The summed E-state index contributed by atoms with van der Waals surface area (Å²) in [5, 5.41) is 14.2. The molecule has 3 N–H and O–H groups in total. The minimum atomic E-state index is -0.960. The van der Waals surface area contributed by atoms with Crippen molar-refractivity contribution in [2.45, 2.75) is 44.9 Å². The van der Waals surface area contributed by atoms with Crippen LogP contribution in [0.3, 0.4) is 0 Å². The SMILES string of the molecule is CC(C)(C)OC(=O)NC1CCNC1C(=O)O. The largest absolute Gasteiger partial charge is 0.480 e. The average molecular weight is 230 g/mol. The lowest BCUT2D eigenvalue weighted by Crippen LogP contribution is -2.49. The van der Waals surface area contributed by atoms with Gasteiger partial charge in [-0.1, -0.05) is 0 Å². The van der Waals surface area contributed by atoms with Gasteiger partial charge in [0.2, 0.25) is 0 Å². The molecule has 1 heterocycles. The summed E-state index contributed by atoms with van der Waals surface area (Å²) in [7, 11) is 0. The van der Waals surface area contributed by atoms with Crippen LogP contribution in [0, 0.1) is 0 Å². The molecule has 1 amide bonds. The molecule has 0 aromatic carbocycles. The van der Waals surface area contributed by atoms with Crippen LogP contribution >= 0.6 is 0 Å². The smallest absolute Gasteiger partial charge is 0.407 e. The Morgan fingerprint density at radius 2 is 2.06 bits per heavy atom. The maximum atomic E-state index is 11.4. The molecule has 1 aliphatic rings. The van der Waals surface area contributed by atoms with Crippen molar-refractivity contribution in [3.8, 4) is 0 Å². The standard InChI is InChI=1S/C10H18N2O4/c1-10(2,3)16-9(15)12-6-4-5-11-7(6)8(13)14/h6-7,11H,4-5H2,1-3H3,(H,12,15)(H,13,14). The molecule has 0 bridgehead atoms. The fourth-order valence-corrected chi connectivity index (χ4v) is 1.58. The van der Waals surface area contributed by atoms with Crippen LogP contribution in [0.5, 0.6) is 0 Å². The van der Waals surface area contributed by atoms with Crippen molar-refractivity contribution in [2.75, 3.05) is 6.54 Å². The molecule has 0 aliphatic carbocycles. The molecule has 0 spiro atoms. The van der Waals surface area contributed by atoms with Crippen LogP contribution in [0.25, 0.3) is 0 Å². The Balaban J connectivity index is 2.47. The highest BCUT2D eigenvalue weighted by Gasteiger charge is 2.34. The predicted molar refractivity (Wildman–Crippen MR) is 57.2 cm³/mol. The van der Waals surface area contributed by atoms with E-state index in [1.165, 1.54) is 0 Å². The van der Waals surface area contributed by atoms with Crippen LogP contribution in [0.1, 0.15) is 27.2 Å². The van der Waals surface area contributed by atoms with E-state index in [1.807, 2.05) is 0 Å². The van der Waals surface area contributed by atoms with E-state index in [1.54, 1.807) is 20.8 Å². The lowest BCUT2D eigenvalue weighted by atomic mass is 10.1. The number of ether oxygens (including phenoxy) is 1. The molecule has 92 valence electrons. The molecular formula is C10H18N2O4. The van der Waals surface area contributed by atoms with Crippen LogP contribution in [0.15, 0.2) is 0 Å². The van der Waals surface area contributed by atoms with Gasteiger partial charge in [-0.05, 0) is 33.7 Å². The number of amides is 1. The van der Waals surface area contributed by atoms with Crippen molar-refractivity contribution in [1.29, 1.82) is 0 Å². The quantitative estimate of drug-likeness (QED) is 0.636. The molecule has 1 rings (SSSR count). The molecule has 0 saturated carbocycles. The van der Waals surface area contributed by atoms with E-state index >= 15 is 0 Å². The second-order valence-corrected chi connectivity index (χ2v) is 4.81. The molecule has 0 aromatic rings. The number of carbonyl (C=O) groups excluding carboxylic acids is 1. The number of hydrogen-bond donors (Lipinski definition) is 3. The first kappa shape index (κ1) is 12.8. The summed E-state index contributed by atoms with van der Waals surface area (Å²) in [5.74, 6) is -0.960. The number of aliphatic carboxylic acids is 1. The molecule has 2 unspecified atom stereocenters. The van der Waals surface area contributed by atoms with Gasteiger partial charge in [-0.3, -0.25) is 4.79 Å². The van der Waals surface area contributed by atoms with E-state index in [2.05, 4.69) is 10.6 Å². The molecule has 0 radical (unpaired) electrons. The second-order valence-electron chi connectivity index (χ2n) is 4.81. The third-order valence-corrected chi connectivity index (χ3v) is 2.19. The number of rotatable bonds is 2. The fraction of sp³-hybridized carbons (Fsp3) is 0.800. The monoisotopic (exact) mass is 230 g/mol. The van der Waals surface area contributed by atoms with Crippen molar-refractivity contribution in [2.24, 2.45) is 0 Å². The summed E-state index contributed by atoms with van der Waals surface area (Å²) in [4.78, 5) is 22.3. The Bertz CT molecular complexity index is 285. The van der Waals surface area contributed by atoms with Crippen LogP contribution in [-0.4, -0.2) is 41.4 Å². The summed E-state index contributed by atoms with van der Waals surface area (Å²) in [6.45, 7) is 5.86. The lowest BCUT2D eigenvalue weighted by molar-refractivity contribution is -0.139. The lowest BCUT2D eigenvalue weighted by Gasteiger charge is -2.23. The van der Waals surface area contributed by atoms with Gasteiger partial charge in [0.15, 0.2) is 0 Å². The number of carboxylic acid groups (broad SMARTS) is 1. The number of nitrogens with one attached hydrogen (secondary N) is 2. The predicted octanol–water partition coefficient (Wildman–Crippen LogP) is 0.326. The van der Waals surface area contributed by atoms with Crippen molar-refractivity contribution in [3.63, 3.8) is 0 Å². The van der Waals surface area contributed by atoms with Crippen LogP contribution < -0.4 is 10.6 Å². The molecule has 1 fully saturated rings. The fourth-order valence-electron chi connectivity index (χ4n) is 1.58. The summed E-state index contributed by atoms with van der Waals surface area (Å²) in [6, 6.07) is -1.14. The van der Waals surface area contributed by atoms with Gasteiger partial charge in [-0.15, -0.1) is 0 Å². The second kappa shape index (κ2) is 4.69. The summed E-state index contributed by atoms with van der Waals surface area (Å²) in [5.41, 5.74) is -0.575. The summed E-state index contributed by atoms with van der Waals surface area (Å²) in [6.07, 6.45) is 0.0170. The molecule has 2 atom stereocenters. The zero-order valence-corrected chi connectivity index (χ0v) is 9.74. The maximum absolute atomic E-state index is 11.4. The highest BCUT2D eigenvalue weighted by molar-refractivity contribution is 5.77. The summed E-state index contributed by atoms with van der Waals surface area (Å²) < 4.78 is 5.06. The van der Waals surface area contributed by atoms with Gasteiger partial charge in [-0.2, -0.15) is 0 Å². The number of carbonyl (C=O) groups is 2. The van der Waals surface area contributed by atoms with Gasteiger partial charge < -0.3 is 20.5 Å². The van der Waals surface area contributed by atoms with E-state index in [0.29, 0.717) is 13.0 Å². The highest BCUT2D eigenvalue weighted by atomic mass is 16.6. The minimum Gasteiger partial charge on any atom is -0.480 e. The van der Waals surface area contributed by atoms with Crippen molar-refractivity contribution in [1.82, 2.24) is 10.6 Å². The van der Waals surface area contributed by atoms with Gasteiger partial charge in [0.1, 0.15) is 11.6 Å². The molecule has 6 heteroatoms. The summed E-state index contributed by atoms with van der Waals surface area (Å²) >= 11 is 0. The van der Waals surface area contributed by atoms with Crippen LogP contribution in [0.2, 0.25) is 0 Å². The van der Waals surface area contributed by atoms with Crippen molar-refractivity contribution < 1.29 is 19.4 Å². The van der Waals surface area contributed by atoms with Gasteiger partial charge in [-0.25, -0.2) is 4.79 Å². The van der Waals surface area contributed by atoms with E-state index in [9.17, 15) is 9.59 Å². The first-order chi connectivity index (χ1) is 7.29. The van der Waals surface area contributed by atoms with Crippen LogP contribution in [-0.2, 0) is 9.53 Å². The van der Waals surface area contributed by atoms with Gasteiger partial charge in [0.25, 0.3) is 0 Å².